The summed E-state index contributed by atoms with van der Waals surface area (Å²) in [4.78, 5) is 2.38. The van der Waals surface area contributed by atoms with Crippen LogP contribution in [0.25, 0.3) is 54.6 Å². The van der Waals surface area contributed by atoms with Gasteiger partial charge in [-0.3, -0.25) is 0 Å². The molecule has 0 aliphatic heterocycles. The van der Waals surface area contributed by atoms with E-state index in [1.807, 2.05) is 0 Å². The Labute approximate surface area is 297 Å². The van der Waals surface area contributed by atoms with Gasteiger partial charge in [0.05, 0.1) is 5.41 Å². The molecule has 11 rings (SSSR count). The van der Waals surface area contributed by atoms with E-state index in [4.69, 9.17) is 0 Å². The molecule has 0 fully saturated rings. The van der Waals surface area contributed by atoms with E-state index >= 15 is 0 Å². The first-order valence-corrected chi connectivity index (χ1v) is 17.9. The minimum Gasteiger partial charge on any atom is -0.310 e. The number of hydrogen-bond acceptors (Lipinski definition) is 1. The monoisotopic (exact) mass is 647 g/mol. The van der Waals surface area contributed by atoms with Crippen LogP contribution in [0.1, 0.15) is 27.8 Å². The molecule has 0 heterocycles. The van der Waals surface area contributed by atoms with Gasteiger partial charge < -0.3 is 4.90 Å². The van der Waals surface area contributed by atoms with E-state index in [9.17, 15) is 0 Å². The Morgan fingerprint density at radius 3 is 1.69 bits per heavy atom. The Kier molecular flexibility index (Phi) is 5.86. The van der Waals surface area contributed by atoms with Gasteiger partial charge in [0.25, 0.3) is 0 Å². The van der Waals surface area contributed by atoms with Gasteiger partial charge in [0.2, 0.25) is 0 Å². The highest BCUT2D eigenvalue weighted by Gasteiger charge is 2.53. The second kappa shape index (κ2) is 10.5. The fraction of sp³-hybridized carbons (Fsp3) is 0.0400. The summed E-state index contributed by atoms with van der Waals surface area (Å²) in [5, 5.41) is 7.74. The van der Waals surface area contributed by atoms with Gasteiger partial charge in [0.15, 0.2) is 0 Å². The van der Waals surface area contributed by atoms with Crippen molar-refractivity contribution in [1.29, 1.82) is 0 Å². The molecule has 0 unspecified atom stereocenters. The minimum atomic E-state index is -0.457. The molecular formula is C50H33N. The van der Waals surface area contributed by atoms with Gasteiger partial charge in [0.1, 0.15) is 0 Å². The second-order valence-electron chi connectivity index (χ2n) is 14.1. The zero-order valence-electron chi connectivity index (χ0n) is 28.3. The van der Waals surface area contributed by atoms with E-state index < -0.39 is 5.41 Å². The quantitative estimate of drug-likeness (QED) is 0.173. The SMILES string of the molecule is Cc1cccc(N(c2ccccc2)c2ccc3cc4c(cc3c2)C2(c3ccccc3-c3ccccc32)c2c-4c3ccccc3c3ccccc23)c1. The van der Waals surface area contributed by atoms with Crippen LogP contribution in [-0.4, -0.2) is 0 Å². The fourth-order valence-electron chi connectivity index (χ4n) is 9.47. The van der Waals surface area contributed by atoms with E-state index in [2.05, 4.69) is 194 Å². The van der Waals surface area contributed by atoms with E-state index in [0.717, 1.165) is 17.1 Å². The molecule has 0 N–H and O–H groups in total. The third-order valence-electron chi connectivity index (χ3n) is 11.4. The van der Waals surface area contributed by atoms with Crippen LogP contribution >= 0.6 is 0 Å². The van der Waals surface area contributed by atoms with Crippen molar-refractivity contribution in [3.63, 3.8) is 0 Å². The Hall–Kier alpha value is -6.44. The van der Waals surface area contributed by atoms with Crippen LogP contribution in [-0.2, 0) is 5.41 Å². The molecule has 1 nitrogen and oxygen atoms in total. The highest BCUT2D eigenvalue weighted by molar-refractivity contribution is 6.20. The van der Waals surface area contributed by atoms with Gasteiger partial charge in [-0.2, -0.15) is 0 Å². The molecular weight excluding hydrogens is 615 g/mol. The predicted molar refractivity (Wildman–Crippen MR) is 215 cm³/mol. The topological polar surface area (TPSA) is 3.24 Å². The Balaban J connectivity index is 1.27. The first-order valence-electron chi connectivity index (χ1n) is 17.9. The van der Waals surface area contributed by atoms with Crippen molar-refractivity contribution in [3.05, 3.63) is 210 Å². The molecule has 0 atom stereocenters. The number of rotatable bonds is 3. The molecule has 0 saturated heterocycles. The third kappa shape index (κ3) is 3.81. The molecule has 1 heteroatoms. The molecule has 1 spiro atoms. The fourth-order valence-corrected chi connectivity index (χ4v) is 9.47. The van der Waals surface area contributed by atoms with Crippen molar-refractivity contribution in [2.75, 3.05) is 4.90 Å². The second-order valence-corrected chi connectivity index (χ2v) is 14.1. The molecule has 0 amide bonds. The number of aryl methyl sites for hydroxylation is 1. The molecule has 0 bridgehead atoms. The number of fused-ring (bicyclic) bond motifs is 16. The molecule has 238 valence electrons. The Morgan fingerprint density at radius 1 is 0.373 bits per heavy atom. The van der Waals surface area contributed by atoms with Gasteiger partial charge >= 0.3 is 0 Å². The van der Waals surface area contributed by atoms with Crippen molar-refractivity contribution in [2.24, 2.45) is 0 Å². The number of hydrogen-bond donors (Lipinski definition) is 0. The van der Waals surface area contributed by atoms with Crippen LogP contribution in [0.3, 0.4) is 0 Å². The molecule has 2 aliphatic carbocycles. The van der Waals surface area contributed by atoms with Gasteiger partial charge in [-0.1, -0.05) is 133 Å². The van der Waals surface area contributed by atoms with Crippen LogP contribution in [0.15, 0.2) is 182 Å². The maximum Gasteiger partial charge on any atom is 0.0731 e. The largest absolute Gasteiger partial charge is 0.310 e. The van der Waals surface area contributed by atoms with E-state index in [1.165, 1.54) is 82.4 Å². The lowest BCUT2D eigenvalue weighted by Gasteiger charge is -2.32. The number of nitrogens with zero attached hydrogens (tertiary/aromatic N) is 1. The summed E-state index contributed by atoms with van der Waals surface area (Å²) in [5.74, 6) is 0. The van der Waals surface area contributed by atoms with Crippen molar-refractivity contribution >= 4 is 49.4 Å². The molecule has 0 saturated carbocycles. The lowest BCUT2D eigenvalue weighted by Crippen LogP contribution is -2.26. The molecule has 9 aromatic carbocycles. The average Bonchev–Trinajstić information content (AvgIpc) is 3.65. The summed E-state index contributed by atoms with van der Waals surface area (Å²) in [5.41, 5.74) is 15.1. The van der Waals surface area contributed by atoms with E-state index in [-0.39, 0.29) is 0 Å². The van der Waals surface area contributed by atoms with Gasteiger partial charge in [-0.25, -0.2) is 0 Å². The van der Waals surface area contributed by atoms with Crippen molar-refractivity contribution in [2.45, 2.75) is 12.3 Å². The summed E-state index contributed by atoms with van der Waals surface area (Å²) in [6, 6.07) is 67.9. The van der Waals surface area contributed by atoms with Crippen LogP contribution in [0.2, 0.25) is 0 Å². The van der Waals surface area contributed by atoms with Crippen LogP contribution in [0.5, 0.6) is 0 Å². The lowest BCUT2D eigenvalue weighted by atomic mass is 9.69. The maximum absolute atomic E-state index is 2.52. The molecule has 9 aromatic rings. The van der Waals surface area contributed by atoms with Crippen molar-refractivity contribution in [1.82, 2.24) is 0 Å². The summed E-state index contributed by atoms with van der Waals surface area (Å²) in [6.07, 6.45) is 0. The molecule has 0 aromatic heterocycles. The lowest BCUT2D eigenvalue weighted by molar-refractivity contribution is 0.803. The maximum atomic E-state index is 2.52. The van der Waals surface area contributed by atoms with Crippen LogP contribution in [0, 0.1) is 6.92 Å². The van der Waals surface area contributed by atoms with E-state index in [0.29, 0.717) is 0 Å². The van der Waals surface area contributed by atoms with Crippen LogP contribution < -0.4 is 4.90 Å². The zero-order chi connectivity index (χ0) is 33.7. The van der Waals surface area contributed by atoms with E-state index in [1.54, 1.807) is 0 Å². The highest BCUT2D eigenvalue weighted by Crippen LogP contribution is 2.65. The van der Waals surface area contributed by atoms with Gasteiger partial charge in [0, 0.05) is 17.1 Å². The van der Waals surface area contributed by atoms with Gasteiger partial charge in [-0.15, -0.1) is 0 Å². The Bertz CT molecular complexity index is 2840. The summed E-state index contributed by atoms with van der Waals surface area (Å²) >= 11 is 0. The first kappa shape index (κ1) is 28.4. The van der Waals surface area contributed by atoms with Crippen molar-refractivity contribution in [3.8, 4) is 22.3 Å². The smallest absolute Gasteiger partial charge is 0.0731 e. The molecule has 0 radical (unpaired) electrons. The predicted octanol–water partition coefficient (Wildman–Crippen LogP) is 13.3. The third-order valence-corrected chi connectivity index (χ3v) is 11.4. The number of anilines is 3. The normalized spacial score (nSPS) is 13.4. The zero-order valence-corrected chi connectivity index (χ0v) is 28.3. The summed E-state index contributed by atoms with van der Waals surface area (Å²) < 4.78 is 0. The van der Waals surface area contributed by atoms with Gasteiger partial charge in [-0.05, 0) is 138 Å². The average molecular weight is 648 g/mol. The summed E-state index contributed by atoms with van der Waals surface area (Å²) in [7, 11) is 0. The Morgan fingerprint density at radius 2 is 0.961 bits per heavy atom. The van der Waals surface area contributed by atoms with Crippen LogP contribution in [0.4, 0.5) is 17.1 Å². The standard InChI is InChI=1S/C50H33N/c1-32-14-13-17-36(28-32)51(35-15-3-2-4-16-35)37-27-26-33-30-44-47(31-34(33)29-37)50(45-24-11-9-20-40(45)41-21-10-12-25-46(41)50)49-43-23-8-6-19-39(43)38-18-5-7-22-42(38)48(44)49/h2-31H,1H3. The number of benzene rings is 9. The number of para-hydroxylation sites is 1. The minimum absolute atomic E-state index is 0.457. The molecule has 51 heavy (non-hydrogen) atoms. The first-order chi connectivity index (χ1) is 25.2. The van der Waals surface area contributed by atoms with Crippen molar-refractivity contribution < 1.29 is 0 Å². The highest BCUT2D eigenvalue weighted by atomic mass is 15.1. The summed E-state index contributed by atoms with van der Waals surface area (Å²) in [6.45, 7) is 2.16. The molecule has 2 aliphatic rings.